The lowest BCUT2D eigenvalue weighted by Gasteiger charge is -2.34. The molecule has 2 saturated heterocycles. The molecule has 9 nitrogen and oxygen atoms in total. The van der Waals surface area contributed by atoms with Gasteiger partial charge in [0, 0.05) is 11.8 Å². The van der Waals surface area contributed by atoms with Crippen molar-refractivity contribution in [3.63, 3.8) is 0 Å². The third-order valence-corrected chi connectivity index (χ3v) is 9.07. The van der Waals surface area contributed by atoms with Crippen molar-refractivity contribution < 1.29 is 38.0 Å². The Hall–Kier alpha value is -4.54. The monoisotopic (exact) mass is 693 g/mol. The van der Waals surface area contributed by atoms with Crippen LogP contribution in [0.5, 0.6) is 0 Å². The summed E-state index contributed by atoms with van der Waals surface area (Å²) in [5.74, 6) is -0.512. The number of hydrogen-bond acceptors (Lipinski definition) is 8. The molecule has 4 aromatic rings. The molecule has 0 bridgehead atoms. The molecule has 6 atom stereocenters. The van der Waals surface area contributed by atoms with Crippen LogP contribution in [0.25, 0.3) is 0 Å². The van der Waals surface area contributed by atoms with E-state index in [0.29, 0.717) is 19.8 Å². The molecule has 2 aliphatic rings. The molecule has 2 fully saturated rings. The van der Waals surface area contributed by atoms with Crippen LogP contribution in [0.15, 0.2) is 121 Å². The van der Waals surface area contributed by atoms with E-state index < -0.39 is 54.2 Å². The lowest BCUT2D eigenvalue weighted by molar-refractivity contribution is -0.147. The molecule has 0 unspecified atom stereocenters. The molecule has 6 rings (SSSR count). The van der Waals surface area contributed by atoms with E-state index in [1.165, 1.54) is 4.90 Å². The highest BCUT2D eigenvalue weighted by Crippen LogP contribution is 2.38. The van der Waals surface area contributed by atoms with Gasteiger partial charge in [0.1, 0.15) is 31.0 Å². The van der Waals surface area contributed by atoms with Crippen molar-refractivity contribution in [1.29, 1.82) is 0 Å². The van der Waals surface area contributed by atoms with Gasteiger partial charge in [-0.1, -0.05) is 142 Å². The van der Waals surface area contributed by atoms with Crippen molar-refractivity contribution in [3.8, 4) is 0 Å². The van der Waals surface area contributed by atoms with Crippen LogP contribution in [-0.2, 0) is 59.6 Å². The summed E-state index contributed by atoms with van der Waals surface area (Å²) >= 11 is 0. The maximum absolute atomic E-state index is 13.8. The molecule has 0 radical (unpaired) electrons. The van der Waals surface area contributed by atoms with E-state index in [-0.39, 0.29) is 19.6 Å². The third kappa shape index (κ3) is 9.62. The SMILES string of the molecule is CC(C)(C)[C@@H]1OC(=O)[C@H](C[C@@H]2O[C@H](COCc3ccccc3)[C@@H](OCc3ccccc3)[C@@H]2OCc2ccccc2)N1C(=O)OCc1ccccc1. The van der Waals surface area contributed by atoms with E-state index in [1.807, 2.05) is 142 Å². The molecule has 9 heteroatoms. The molecule has 2 aliphatic heterocycles. The van der Waals surface area contributed by atoms with Gasteiger partial charge < -0.3 is 28.4 Å². The first-order valence-corrected chi connectivity index (χ1v) is 17.5. The molecule has 51 heavy (non-hydrogen) atoms. The van der Waals surface area contributed by atoms with E-state index in [0.717, 1.165) is 22.3 Å². The minimum absolute atomic E-state index is 0.0624. The fourth-order valence-electron chi connectivity index (χ4n) is 6.49. The molecular weight excluding hydrogens is 646 g/mol. The molecule has 1 amide bonds. The first-order chi connectivity index (χ1) is 24.8. The number of nitrogens with zero attached hydrogens (tertiary/aromatic N) is 1. The molecule has 2 heterocycles. The highest BCUT2D eigenvalue weighted by molar-refractivity contribution is 5.84. The van der Waals surface area contributed by atoms with Gasteiger partial charge in [-0.15, -0.1) is 0 Å². The lowest BCUT2D eigenvalue weighted by Crippen LogP contribution is -2.50. The van der Waals surface area contributed by atoms with Crippen molar-refractivity contribution in [2.75, 3.05) is 6.61 Å². The van der Waals surface area contributed by atoms with Crippen LogP contribution in [0, 0.1) is 5.41 Å². The van der Waals surface area contributed by atoms with E-state index in [9.17, 15) is 9.59 Å². The van der Waals surface area contributed by atoms with Crippen molar-refractivity contribution in [2.45, 2.75) is 90.3 Å². The summed E-state index contributed by atoms with van der Waals surface area (Å²) in [6.45, 7) is 7.11. The Morgan fingerprint density at radius 2 is 1.10 bits per heavy atom. The van der Waals surface area contributed by atoms with Crippen LogP contribution in [0.1, 0.15) is 49.4 Å². The quantitative estimate of drug-likeness (QED) is 0.126. The highest BCUT2D eigenvalue weighted by atomic mass is 16.6. The number of carbonyl (C=O) groups excluding carboxylic acids is 2. The lowest BCUT2D eigenvalue weighted by atomic mass is 9.92. The summed E-state index contributed by atoms with van der Waals surface area (Å²) in [5.41, 5.74) is 3.29. The highest BCUT2D eigenvalue weighted by Gasteiger charge is 2.55. The average Bonchev–Trinajstić information content (AvgIpc) is 3.66. The van der Waals surface area contributed by atoms with Crippen LogP contribution < -0.4 is 0 Å². The van der Waals surface area contributed by atoms with Crippen molar-refractivity contribution >= 4 is 12.1 Å². The van der Waals surface area contributed by atoms with Gasteiger partial charge in [0.15, 0.2) is 6.23 Å². The van der Waals surface area contributed by atoms with E-state index in [2.05, 4.69) is 0 Å². The summed E-state index contributed by atoms with van der Waals surface area (Å²) in [6.07, 6.45) is -3.64. The molecule has 0 N–H and O–H groups in total. The number of amides is 1. The number of benzene rings is 4. The van der Waals surface area contributed by atoms with Gasteiger partial charge in [0.25, 0.3) is 0 Å². The summed E-state index contributed by atoms with van der Waals surface area (Å²) in [7, 11) is 0. The second-order valence-corrected chi connectivity index (χ2v) is 14.1. The fourth-order valence-corrected chi connectivity index (χ4v) is 6.49. The Kier molecular flexibility index (Phi) is 12.2. The molecule has 0 aromatic heterocycles. The normalized spacial score (nSPS) is 23.3. The van der Waals surface area contributed by atoms with Gasteiger partial charge >= 0.3 is 12.1 Å². The molecule has 0 aliphatic carbocycles. The number of hydrogen-bond donors (Lipinski definition) is 0. The summed E-state index contributed by atoms with van der Waals surface area (Å²) in [6, 6.07) is 38.2. The number of rotatable bonds is 14. The van der Waals surface area contributed by atoms with Gasteiger partial charge in [-0.25, -0.2) is 9.59 Å². The van der Waals surface area contributed by atoms with Gasteiger partial charge in [0.2, 0.25) is 0 Å². The number of cyclic esters (lactones) is 1. The van der Waals surface area contributed by atoms with Gasteiger partial charge in [-0.2, -0.15) is 0 Å². The molecule has 268 valence electrons. The van der Waals surface area contributed by atoms with E-state index in [1.54, 1.807) is 0 Å². The zero-order valence-electron chi connectivity index (χ0n) is 29.5. The first kappa shape index (κ1) is 36.3. The maximum Gasteiger partial charge on any atom is 0.413 e. The maximum atomic E-state index is 13.8. The zero-order valence-corrected chi connectivity index (χ0v) is 29.5. The second kappa shape index (κ2) is 17.1. The number of carbonyl (C=O) groups is 2. The van der Waals surface area contributed by atoms with E-state index in [4.69, 9.17) is 28.4 Å². The van der Waals surface area contributed by atoms with Gasteiger partial charge in [-0.3, -0.25) is 4.90 Å². The Labute approximate surface area is 300 Å². The van der Waals surface area contributed by atoms with Crippen LogP contribution in [0.3, 0.4) is 0 Å². The van der Waals surface area contributed by atoms with Crippen molar-refractivity contribution in [3.05, 3.63) is 144 Å². The minimum atomic E-state index is -0.968. The largest absolute Gasteiger partial charge is 0.444 e. The molecule has 4 aromatic carbocycles. The Balaban J connectivity index is 1.26. The molecular formula is C42H47NO8. The smallest absolute Gasteiger partial charge is 0.413 e. The average molecular weight is 694 g/mol. The standard InChI is InChI=1S/C42H47NO8/c1-42(2,3)40-43(41(45)49-28-33-22-14-7-15-23-33)34(39(44)51-40)24-35-37(47-26-31-18-10-5-11-19-31)38(48-27-32-20-12-6-13-21-32)36(50-35)29-46-25-30-16-8-4-9-17-30/h4-23,34-38,40H,24-29H2,1-3H3/t34-,35-,36+,37+,38+,40-/m0/s1. The fraction of sp³-hybridized carbons (Fsp3) is 0.381. The zero-order chi connectivity index (χ0) is 35.6. The number of esters is 1. The van der Waals surface area contributed by atoms with Gasteiger partial charge in [-0.05, 0) is 22.3 Å². The molecule has 0 spiro atoms. The number of ether oxygens (including phenoxy) is 6. The molecule has 0 saturated carbocycles. The van der Waals surface area contributed by atoms with Crippen molar-refractivity contribution in [2.24, 2.45) is 5.41 Å². The predicted octanol–water partition coefficient (Wildman–Crippen LogP) is 7.47. The third-order valence-electron chi connectivity index (χ3n) is 9.07. The minimum Gasteiger partial charge on any atom is -0.444 e. The van der Waals surface area contributed by atoms with E-state index >= 15 is 0 Å². The Morgan fingerprint density at radius 1 is 0.647 bits per heavy atom. The van der Waals surface area contributed by atoms with Crippen LogP contribution >= 0.6 is 0 Å². The second-order valence-electron chi connectivity index (χ2n) is 14.1. The topological polar surface area (TPSA) is 92.8 Å². The van der Waals surface area contributed by atoms with Crippen LogP contribution in [-0.4, -0.2) is 60.3 Å². The summed E-state index contributed by atoms with van der Waals surface area (Å²) in [4.78, 5) is 28.9. The first-order valence-electron chi connectivity index (χ1n) is 17.5. The predicted molar refractivity (Wildman–Crippen MR) is 191 cm³/mol. The van der Waals surface area contributed by atoms with Crippen LogP contribution in [0.4, 0.5) is 4.79 Å². The van der Waals surface area contributed by atoms with Crippen LogP contribution in [0.2, 0.25) is 0 Å². The summed E-state index contributed by atoms with van der Waals surface area (Å²) < 4.78 is 37.9. The Bertz CT molecular complexity index is 1670. The Morgan fingerprint density at radius 3 is 1.59 bits per heavy atom. The van der Waals surface area contributed by atoms with Crippen molar-refractivity contribution in [1.82, 2.24) is 4.90 Å². The van der Waals surface area contributed by atoms with Gasteiger partial charge in [0.05, 0.1) is 32.5 Å². The summed E-state index contributed by atoms with van der Waals surface area (Å²) in [5, 5.41) is 0.